The number of unbranched alkanes of at least 4 members (excludes halogenated alkanes) is 1. The SMILES string of the molecule is CCCCc1ccc(Oc2ncc(CNC)c(C)n2)cc1. The molecular weight excluding hydrogens is 262 g/mol. The van der Waals surface area contributed by atoms with Crippen LogP contribution in [0.2, 0.25) is 0 Å². The second kappa shape index (κ2) is 7.74. The van der Waals surface area contributed by atoms with Gasteiger partial charge in [0.15, 0.2) is 0 Å². The molecule has 1 aromatic heterocycles. The Labute approximate surface area is 126 Å². The summed E-state index contributed by atoms with van der Waals surface area (Å²) < 4.78 is 5.71. The number of nitrogens with one attached hydrogen (secondary N) is 1. The minimum absolute atomic E-state index is 0.397. The van der Waals surface area contributed by atoms with Crippen LogP contribution in [-0.2, 0) is 13.0 Å². The van der Waals surface area contributed by atoms with Gasteiger partial charge in [-0.25, -0.2) is 4.98 Å². The third-order valence-corrected chi connectivity index (χ3v) is 3.38. The van der Waals surface area contributed by atoms with Crippen molar-refractivity contribution in [3.05, 3.63) is 47.3 Å². The molecule has 2 aromatic rings. The zero-order valence-corrected chi connectivity index (χ0v) is 13.0. The summed E-state index contributed by atoms with van der Waals surface area (Å²) in [7, 11) is 1.91. The maximum Gasteiger partial charge on any atom is 0.322 e. The molecule has 0 aliphatic rings. The number of hydrogen-bond donors (Lipinski definition) is 1. The Balaban J connectivity index is 2.02. The summed E-state index contributed by atoms with van der Waals surface area (Å²) >= 11 is 0. The van der Waals surface area contributed by atoms with Crippen LogP contribution in [0.15, 0.2) is 30.5 Å². The average molecular weight is 285 g/mol. The summed E-state index contributed by atoms with van der Waals surface area (Å²) in [6.45, 7) is 4.93. The number of aromatic nitrogens is 2. The first-order valence-electron chi connectivity index (χ1n) is 7.47. The van der Waals surface area contributed by atoms with Crippen molar-refractivity contribution in [3.8, 4) is 11.8 Å². The number of aryl methyl sites for hydroxylation is 2. The topological polar surface area (TPSA) is 47.0 Å². The summed E-state index contributed by atoms with van der Waals surface area (Å²) in [4.78, 5) is 8.64. The molecule has 0 aliphatic heterocycles. The van der Waals surface area contributed by atoms with Crippen LogP contribution in [0.4, 0.5) is 0 Å². The van der Waals surface area contributed by atoms with E-state index in [0.717, 1.165) is 30.0 Å². The van der Waals surface area contributed by atoms with Crippen LogP contribution < -0.4 is 10.1 Å². The van der Waals surface area contributed by atoms with E-state index in [2.05, 4.69) is 34.3 Å². The lowest BCUT2D eigenvalue weighted by atomic mass is 10.1. The Morgan fingerprint density at radius 1 is 1.19 bits per heavy atom. The molecule has 0 atom stereocenters. The molecule has 0 spiro atoms. The van der Waals surface area contributed by atoms with E-state index in [1.54, 1.807) is 0 Å². The highest BCUT2D eigenvalue weighted by molar-refractivity contribution is 5.29. The van der Waals surface area contributed by atoms with Crippen molar-refractivity contribution in [1.82, 2.24) is 15.3 Å². The zero-order valence-electron chi connectivity index (χ0n) is 13.0. The summed E-state index contributed by atoms with van der Waals surface area (Å²) in [5.74, 6) is 0.774. The number of ether oxygens (including phenoxy) is 1. The minimum Gasteiger partial charge on any atom is -0.424 e. The Hall–Kier alpha value is -1.94. The second-order valence-corrected chi connectivity index (χ2v) is 5.14. The Bertz CT molecular complexity index is 567. The number of hydrogen-bond acceptors (Lipinski definition) is 4. The van der Waals surface area contributed by atoms with Gasteiger partial charge in [-0.3, -0.25) is 0 Å². The summed E-state index contributed by atoms with van der Waals surface area (Å²) in [6, 6.07) is 8.56. The van der Waals surface area contributed by atoms with Crippen LogP contribution in [0.1, 0.15) is 36.6 Å². The molecule has 4 heteroatoms. The molecule has 112 valence electrons. The third kappa shape index (κ3) is 4.53. The molecule has 4 nitrogen and oxygen atoms in total. The van der Waals surface area contributed by atoms with Crippen molar-refractivity contribution in [2.75, 3.05) is 7.05 Å². The van der Waals surface area contributed by atoms with Crippen molar-refractivity contribution < 1.29 is 4.74 Å². The van der Waals surface area contributed by atoms with Gasteiger partial charge < -0.3 is 10.1 Å². The smallest absolute Gasteiger partial charge is 0.322 e. The highest BCUT2D eigenvalue weighted by Gasteiger charge is 2.05. The van der Waals surface area contributed by atoms with Crippen molar-refractivity contribution in [1.29, 1.82) is 0 Å². The lowest BCUT2D eigenvalue weighted by Crippen LogP contribution is -2.08. The molecule has 0 unspecified atom stereocenters. The highest BCUT2D eigenvalue weighted by Crippen LogP contribution is 2.19. The molecule has 0 radical (unpaired) electrons. The van der Waals surface area contributed by atoms with Crippen LogP contribution in [-0.4, -0.2) is 17.0 Å². The van der Waals surface area contributed by atoms with E-state index >= 15 is 0 Å². The zero-order chi connectivity index (χ0) is 15.1. The number of nitrogens with zero attached hydrogens (tertiary/aromatic N) is 2. The van der Waals surface area contributed by atoms with Gasteiger partial charge in [0.2, 0.25) is 0 Å². The fraction of sp³-hybridized carbons (Fsp3) is 0.412. The van der Waals surface area contributed by atoms with E-state index in [1.807, 2.05) is 32.3 Å². The minimum atomic E-state index is 0.397. The van der Waals surface area contributed by atoms with Crippen LogP contribution in [0.25, 0.3) is 0 Å². The fourth-order valence-electron chi connectivity index (χ4n) is 2.09. The third-order valence-electron chi connectivity index (χ3n) is 3.38. The van der Waals surface area contributed by atoms with E-state index in [0.29, 0.717) is 6.01 Å². The predicted octanol–water partition coefficient (Wildman–Crippen LogP) is 3.64. The van der Waals surface area contributed by atoms with Gasteiger partial charge in [-0.05, 0) is 44.5 Å². The van der Waals surface area contributed by atoms with E-state index in [9.17, 15) is 0 Å². The van der Waals surface area contributed by atoms with Gasteiger partial charge in [0, 0.05) is 24.0 Å². The van der Waals surface area contributed by atoms with E-state index in [1.165, 1.54) is 18.4 Å². The van der Waals surface area contributed by atoms with Crippen LogP contribution >= 0.6 is 0 Å². The normalized spacial score (nSPS) is 10.6. The van der Waals surface area contributed by atoms with Gasteiger partial charge >= 0.3 is 6.01 Å². The lowest BCUT2D eigenvalue weighted by Gasteiger charge is -2.08. The maximum atomic E-state index is 5.71. The van der Waals surface area contributed by atoms with E-state index in [-0.39, 0.29) is 0 Å². The van der Waals surface area contributed by atoms with Crippen molar-refractivity contribution in [2.24, 2.45) is 0 Å². The van der Waals surface area contributed by atoms with Crippen LogP contribution in [0.3, 0.4) is 0 Å². The van der Waals surface area contributed by atoms with E-state index < -0.39 is 0 Å². The first-order valence-corrected chi connectivity index (χ1v) is 7.47. The Kier molecular flexibility index (Phi) is 5.69. The number of rotatable bonds is 7. The van der Waals surface area contributed by atoms with Crippen LogP contribution in [0, 0.1) is 6.92 Å². The molecular formula is C17H23N3O. The second-order valence-electron chi connectivity index (χ2n) is 5.14. The average Bonchev–Trinajstić information content (AvgIpc) is 2.49. The molecule has 1 aromatic carbocycles. The largest absolute Gasteiger partial charge is 0.424 e. The standard InChI is InChI=1S/C17H23N3O/c1-4-5-6-14-7-9-16(10-8-14)21-17-19-12-15(11-18-3)13(2)20-17/h7-10,12,18H,4-6,11H2,1-3H3. The molecule has 0 bridgehead atoms. The monoisotopic (exact) mass is 285 g/mol. The van der Waals surface area contributed by atoms with Crippen molar-refractivity contribution >= 4 is 0 Å². The molecule has 0 aliphatic carbocycles. The van der Waals surface area contributed by atoms with Gasteiger partial charge in [-0.2, -0.15) is 4.98 Å². The first-order chi connectivity index (χ1) is 10.2. The molecule has 0 amide bonds. The van der Waals surface area contributed by atoms with Gasteiger partial charge in [0.25, 0.3) is 0 Å². The van der Waals surface area contributed by atoms with Crippen molar-refractivity contribution in [2.45, 2.75) is 39.7 Å². The Morgan fingerprint density at radius 3 is 2.57 bits per heavy atom. The first kappa shape index (κ1) is 15.4. The van der Waals surface area contributed by atoms with Gasteiger partial charge in [-0.15, -0.1) is 0 Å². The maximum absolute atomic E-state index is 5.71. The van der Waals surface area contributed by atoms with E-state index in [4.69, 9.17) is 4.74 Å². The van der Waals surface area contributed by atoms with Gasteiger partial charge in [0.05, 0.1) is 0 Å². The quantitative estimate of drug-likeness (QED) is 0.843. The summed E-state index contributed by atoms with van der Waals surface area (Å²) in [6.07, 6.45) is 5.36. The highest BCUT2D eigenvalue weighted by atomic mass is 16.5. The molecule has 1 N–H and O–H groups in total. The van der Waals surface area contributed by atoms with Gasteiger partial charge in [0.1, 0.15) is 5.75 Å². The molecule has 1 heterocycles. The predicted molar refractivity (Wildman–Crippen MR) is 84.7 cm³/mol. The molecule has 2 rings (SSSR count). The number of benzene rings is 1. The lowest BCUT2D eigenvalue weighted by molar-refractivity contribution is 0.439. The van der Waals surface area contributed by atoms with Crippen molar-refractivity contribution in [3.63, 3.8) is 0 Å². The van der Waals surface area contributed by atoms with Gasteiger partial charge in [-0.1, -0.05) is 25.5 Å². The molecule has 0 saturated heterocycles. The molecule has 0 saturated carbocycles. The summed E-state index contributed by atoms with van der Waals surface area (Å²) in [5, 5.41) is 3.10. The Morgan fingerprint density at radius 2 is 1.95 bits per heavy atom. The summed E-state index contributed by atoms with van der Waals surface area (Å²) in [5.41, 5.74) is 3.36. The van der Waals surface area contributed by atoms with Crippen LogP contribution in [0.5, 0.6) is 11.8 Å². The fourth-order valence-corrected chi connectivity index (χ4v) is 2.09. The molecule has 21 heavy (non-hydrogen) atoms. The molecule has 0 fully saturated rings.